The van der Waals surface area contributed by atoms with Crippen LogP contribution < -0.4 is 4.90 Å². The second-order valence-electron chi connectivity index (χ2n) is 5.11. The third kappa shape index (κ3) is 3.17. The molecule has 0 radical (unpaired) electrons. The normalized spacial score (nSPS) is 10.8. The van der Waals surface area contributed by atoms with Gasteiger partial charge >= 0.3 is 0 Å². The molecule has 3 heteroatoms. The number of aliphatic hydroxyl groups excluding tert-OH is 1. The number of nitrogens with zero attached hydrogens (tertiary/aromatic N) is 1. The van der Waals surface area contributed by atoms with Crippen LogP contribution >= 0.6 is 0 Å². The Kier molecular flexibility index (Phi) is 4.74. The van der Waals surface area contributed by atoms with Crippen LogP contribution in [-0.2, 0) is 13.2 Å². The predicted molar refractivity (Wildman–Crippen MR) is 80.1 cm³/mol. The quantitative estimate of drug-likeness (QED) is 0.897. The van der Waals surface area contributed by atoms with E-state index in [-0.39, 0.29) is 18.5 Å². The summed E-state index contributed by atoms with van der Waals surface area (Å²) in [5, 5.41) is 9.45. The topological polar surface area (TPSA) is 23.5 Å². The van der Waals surface area contributed by atoms with E-state index in [1.165, 1.54) is 6.07 Å². The molecule has 20 heavy (non-hydrogen) atoms. The largest absolute Gasteiger partial charge is 0.392 e. The molecule has 2 rings (SSSR count). The van der Waals surface area contributed by atoms with Crippen molar-refractivity contribution < 1.29 is 9.50 Å². The lowest BCUT2D eigenvalue weighted by atomic mass is 10.1. The van der Waals surface area contributed by atoms with Crippen molar-refractivity contribution in [3.63, 3.8) is 0 Å². The van der Waals surface area contributed by atoms with Gasteiger partial charge in [-0.25, -0.2) is 4.39 Å². The third-order valence-corrected chi connectivity index (χ3v) is 3.35. The van der Waals surface area contributed by atoms with Crippen LogP contribution in [-0.4, -0.2) is 11.1 Å². The molecule has 0 unspecified atom stereocenters. The lowest BCUT2D eigenvalue weighted by Crippen LogP contribution is -2.32. The fourth-order valence-electron chi connectivity index (χ4n) is 2.31. The Balaban J connectivity index is 2.39. The van der Waals surface area contributed by atoms with Crippen molar-refractivity contribution in [1.82, 2.24) is 0 Å². The van der Waals surface area contributed by atoms with E-state index >= 15 is 0 Å². The Hall–Kier alpha value is -1.87. The van der Waals surface area contributed by atoms with Gasteiger partial charge in [0.15, 0.2) is 0 Å². The van der Waals surface area contributed by atoms with Crippen molar-refractivity contribution in [3.8, 4) is 0 Å². The molecular formula is C17H20FNO. The number of hydrogen-bond acceptors (Lipinski definition) is 2. The van der Waals surface area contributed by atoms with Crippen molar-refractivity contribution in [1.29, 1.82) is 0 Å². The van der Waals surface area contributed by atoms with Gasteiger partial charge in [0.2, 0.25) is 0 Å². The van der Waals surface area contributed by atoms with E-state index < -0.39 is 0 Å². The maximum Gasteiger partial charge on any atom is 0.146 e. The fraction of sp³-hybridized carbons (Fsp3) is 0.294. The minimum atomic E-state index is -0.291. The van der Waals surface area contributed by atoms with Gasteiger partial charge in [0.05, 0.1) is 12.3 Å². The molecule has 0 bridgehead atoms. The molecular weight excluding hydrogens is 253 g/mol. The van der Waals surface area contributed by atoms with Gasteiger partial charge in [-0.15, -0.1) is 0 Å². The summed E-state index contributed by atoms with van der Waals surface area (Å²) in [4.78, 5) is 1.98. The first kappa shape index (κ1) is 14.5. The minimum absolute atomic E-state index is 0.136. The Morgan fingerprint density at radius 3 is 2.35 bits per heavy atom. The average molecular weight is 273 g/mol. The molecule has 2 aromatic carbocycles. The van der Waals surface area contributed by atoms with Crippen LogP contribution in [0.4, 0.5) is 10.1 Å². The summed E-state index contributed by atoms with van der Waals surface area (Å²) in [5.41, 5.74) is 2.23. The van der Waals surface area contributed by atoms with Crippen LogP contribution in [0.15, 0.2) is 48.5 Å². The second kappa shape index (κ2) is 6.53. The van der Waals surface area contributed by atoms with Crippen LogP contribution in [0.3, 0.4) is 0 Å². The van der Waals surface area contributed by atoms with E-state index in [2.05, 4.69) is 0 Å². The summed E-state index contributed by atoms with van der Waals surface area (Å²) in [5.74, 6) is -0.291. The highest BCUT2D eigenvalue weighted by Gasteiger charge is 2.18. The summed E-state index contributed by atoms with van der Waals surface area (Å²) in [6.07, 6.45) is 0. The molecule has 0 aromatic heterocycles. The van der Waals surface area contributed by atoms with Crippen molar-refractivity contribution in [2.45, 2.75) is 33.0 Å². The van der Waals surface area contributed by atoms with Gasteiger partial charge in [-0.3, -0.25) is 0 Å². The number of para-hydroxylation sites is 1. The molecule has 0 aliphatic heterocycles. The van der Waals surface area contributed by atoms with Crippen LogP contribution in [0, 0.1) is 5.82 Å². The highest BCUT2D eigenvalue weighted by molar-refractivity contribution is 5.55. The lowest BCUT2D eigenvalue weighted by Gasteiger charge is -2.31. The van der Waals surface area contributed by atoms with Crippen molar-refractivity contribution in [2.75, 3.05) is 4.90 Å². The van der Waals surface area contributed by atoms with Crippen LogP contribution in [0.5, 0.6) is 0 Å². The summed E-state index contributed by atoms with van der Waals surface area (Å²) in [6, 6.07) is 14.9. The smallest absolute Gasteiger partial charge is 0.146 e. The predicted octanol–water partition coefficient (Wildman–Crippen LogP) is 3.73. The number of halogens is 1. The number of benzene rings is 2. The van der Waals surface area contributed by atoms with Gasteiger partial charge in [-0.2, -0.15) is 0 Å². The average Bonchev–Trinajstić information content (AvgIpc) is 2.46. The first-order valence-electron chi connectivity index (χ1n) is 6.82. The standard InChI is InChI=1S/C17H20FNO/c1-13(2)19(11-14-7-4-3-5-8-14)17-15(12-20)9-6-10-16(17)18/h3-10,13,20H,11-12H2,1-2H3. The van der Waals surface area contributed by atoms with E-state index in [9.17, 15) is 9.50 Å². The Bertz CT molecular complexity index is 554. The first-order chi connectivity index (χ1) is 9.63. The van der Waals surface area contributed by atoms with Crippen molar-refractivity contribution >= 4 is 5.69 Å². The molecule has 0 saturated carbocycles. The highest BCUT2D eigenvalue weighted by Crippen LogP contribution is 2.28. The summed E-state index contributed by atoms with van der Waals surface area (Å²) >= 11 is 0. The molecule has 0 aliphatic carbocycles. The Morgan fingerprint density at radius 1 is 1.05 bits per heavy atom. The molecule has 0 saturated heterocycles. The van der Waals surface area contributed by atoms with Crippen LogP contribution in [0.2, 0.25) is 0 Å². The highest BCUT2D eigenvalue weighted by atomic mass is 19.1. The molecule has 0 spiro atoms. The summed E-state index contributed by atoms with van der Waals surface area (Å²) < 4.78 is 14.2. The molecule has 1 N–H and O–H groups in total. The van der Waals surface area contributed by atoms with E-state index in [1.807, 2.05) is 49.1 Å². The van der Waals surface area contributed by atoms with Crippen LogP contribution in [0.25, 0.3) is 0 Å². The zero-order valence-electron chi connectivity index (χ0n) is 11.9. The van der Waals surface area contributed by atoms with E-state index in [0.29, 0.717) is 17.8 Å². The van der Waals surface area contributed by atoms with Gasteiger partial charge in [0.1, 0.15) is 5.82 Å². The van der Waals surface area contributed by atoms with Crippen molar-refractivity contribution in [2.24, 2.45) is 0 Å². The molecule has 2 nitrogen and oxygen atoms in total. The van der Waals surface area contributed by atoms with E-state index in [0.717, 1.165) is 5.56 Å². The number of aliphatic hydroxyl groups is 1. The molecule has 0 amide bonds. The third-order valence-electron chi connectivity index (χ3n) is 3.35. The zero-order valence-corrected chi connectivity index (χ0v) is 11.9. The number of rotatable bonds is 5. The monoisotopic (exact) mass is 273 g/mol. The summed E-state index contributed by atoms with van der Waals surface area (Å²) in [7, 11) is 0. The fourth-order valence-corrected chi connectivity index (χ4v) is 2.31. The first-order valence-corrected chi connectivity index (χ1v) is 6.82. The second-order valence-corrected chi connectivity index (χ2v) is 5.11. The Labute approximate surface area is 119 Å². The van der Waals surface area contributed by atoms with Gasteiger partial charge in [-0.1, -0.05) is 42.5 Å². The van der Waals surface area contributed by atoms with Crippen molar-refractivity contribution in [3.05, 3.63) is 65.5 Å². The molecule has 0 aliphatic rings. The van der Waals surface area contributed by atoms with Gasteiger partial charge in [0.25, 0.3) is 0 Å². The number of anilines is 1. The zero-order chi connectivity index (χ0) is 14.5. The minimum Gasteiger partial charge on any atom is -0.392 e. The van der Waals surface area contributed by atoms with Gasteiger partial charge < -0.3 is 10.0 Å². The van der Waals surface area contributed by atoms with E-state index in [1.54, 1.807) is 12.1 Å². The van der Waals surface area contributed by atoms with E-state index in [4.69, 9.17) is 0 Å². The maximum atomic E-state index is 14.2. The van der Waals surface area contributed by atoms with Crippen LogP contribution in [0.1, 0.15) is 25.0 Å². The molecule has 0 atom stereocenters. The lowest BCUT2D eigenvalue weighted by molar-refractivity contribution is 0.281. The van der Waals surface area contributed by atoms with Gasteiger partial charge in [-0.05, 0) is 25.5 Å². The molecule has 2 aromatic rings. The van der Waals surface area contributed by atoms with Gasteiger partial charge in [0, 0.05) is 18.2 Å². The molecule has 0 heterocycles. The molecule has 106 valence electrons. The SMILES string of the molecule is CC(C)N(Cc1ccccc1)c1c(F)cccc1CO. The summed E-state index contributed by atoms with van der Waals surface area (Å²) in [6.45, 7) is 4.50. The maximum absolute atomic E-state index is 14.2. The Morgan fingerprint density at radius 2 is 1.75 bits per heavy atom. The molecule has 0 fully saturated rings. The number of hydrogen-bond donors (Lipinski definition) is 1.